The molecule has 1 rings (SSSR count). The van der Waals surface area contributed by atoms with Gasteiger partial charge in [0, 0.05) is 0 Å². The SMILES string of the molecule is CCCC(C)(C)Cc1cc[c]cc1. The summed E-state index contributed by atoms with van der Waals surface area (Å²) >= 11 is 0. The van der Waals surface area contributed by atoms with Crippen LogP contribution < -0.4 is 0 Å². The fourth-order valence-corrected chi connectivity index (χ4v) is 1.86. The molecule has 71 valence electrons. The van der Waals surface area contributed by atoms with Crippen molar-refractivity contribution in [3.05, 3.63) is 35.9 Å². The van der Waals surface area contributed by atoms with E-state index in [0.717, 1.165) is 0 Å². The summed E-state index contributed by atoms with van der Waals surface area (Å²) in [5, 5.41) is 0. The minimum Gasteiger partial charge on any atom is -0.0654 e. The van der Waals surface area contributed by atoms with Gasteiger partial charge >= 0.3 is 0 Å². The Labute approximate surface area is 82.0 Å². The van der Waals surface area contributed by atoms with Crippen LogP contribution in [0.2, 0.25) is 0 Å². The van der Waals surface area contributed by atoms with Gasteiger partial charge in [-0.25, -0.2) is 0 Å². The van der Waals surface area contributed by atoms with Crippen molar-refractivity contribution < 1.29 is 0 Å². The van der Waals surface area contributed by atoms with E-state index in [9.17, 15) is 0 Å². The largest absolute Gasteiger partial charge is 0.0654 e. The Morgan fingerprint density at radius 1 is 1.23 bits per heavy atom. The molecule has 0 atom stereocenters. The van der Waals surface area contributed by atoms with E-state index in [1.165, 1.54) is 24.8 Å². The first-order chi connectivity index (χ1) is 6.14. The Kier molecular flexibility index (Phi) is 3.53. The highest BCUT2D eigenvalue weighted by Gasteiger charge is 2.16. The Morgan fingerprint density at radius 2 is 1.85 bits per heavy atom. The monoisotopic (exact) mass is 175 g/mol. The van der Waals surface area contributed by atoms with E-state index >= 15 is 0 Å². The predicted molar refractivity (Wildman–Crippen MR) is 57.7 cm³/mol. The zero-order valence-electron chi connectivity index (χ0n) is 8.93. The molecule has 0 N–H and O–H groups in total. The van der Waals surface area contributed by atoms with Gasteiger partial charge in [0.05, 0.1) is 0 Å². The maximum absolute atomic E-state index is 3.05. The summed E-state index contributed by atoms with van der Waals surface area (Å²) in [6.45, 7) is 6.93. The van der Waals surface area contributed by atoms with Crippen LogP contribution in [0.3, 0.4) is 0 Å². The van der Waals surface area contributed by atoms with Crippen LogP contribution in [0.4, 0.5) is 0 Å². The number of hydrogen-bond donors (Lipinski definition) is 0. The van der Waals surface area contributed by atoms with Crippen LogP contribution >= 0.6 is 0 Å². The standard InChI is InChI=1S/C13H19/c1-4-10-13(2,3)11-12-8-6-5-7-9-12/h6-9H,4,10-11H2,1-3H3. The van der Waals surface area contributed by atoms with Crippen molar-refractivity contribution in [1.82, 2.24) is 0 Å². The van der Waals surface area contributed by atoms with Gasteiger partial charge in [-0.2, -0.15) is 0 Å². The summed E-state index contributed by atoms with van der Waals surface area (Å²) in [4.78, 5) is 0. The molecule has 1 aromatic carbocycles. The first-order valence-electron chi connectivity index (χ1n) is 5.09. The lowest BCUT2D eigenvalue weighted by atomic mass is 9.82. The lowest BCUT2D eigenvalue weighted by Crippen LogP contribution is -2.14. The number of hydrogen-bond acceptors (Lipinski definition) is 0. The molecule has 0 heteroatoms. The molecular formula is C13H19. The van der Waals surface area contributed by atoms with Crippen LogP contribution in [0.25, 0.3) is 0 Å². The molecular weight excluding hydrogens is 156 g/mol. The van der Waals surface area contributed by atoms with Crippen molar-refractivity contribution in [3.8, 4) is 0 Å². The fraction of sp³-hybridized carbons (Fsp3) is 0.538. The maximum Gasteiger partial charge on any atom is -0.0184 e. The molecule has 0 spiro atoms. The zero-order valence-corrected chi connectivity index (χ0v) is 8.93. The summed E-state index contributed by atoms with van der Waals surface area (Å²) in [6, 6.07) is 11.4. The van der Waals surface area contributed by atoms with Crippen molar-refractivity contribution in [1.29, 1.82) is 0 Å². The molecule has 0 bridgehead atoms. The van der Waals surface area contributed by atoms with Crippen LogP contribution in [0.5, 0.6) is 0 Å². The number of benzene rings is 1. The molecule has 1 radical (unpaired) electrons. The molecule has 13 heavy (non-hydrogen) atoms. The number of rotatable bonds is 4. The van der Waals surface area contributed by atoms with Gasteiger partial charge < -0.3 is 0 Å². The molecule has 0 saturated carbocycles. The average molecular weight is 175 g/mol. The molecule has 0 amide bonds. The van der Waals surface area contributed by atoms with E-state index in [1.54, 1.807) is 0 Å². The van der Waals surface area contributed by atoms with Gasteiger partial charge in [0.15, 0.2) is 0 Å². The van der Waals surface area contributed by atoms with Crippen LogP contribution in [0, 0.1) is 11.5 Å². The molecule has 0 aliphatic carbocycles. The van der Waals surface area contributed by atoms with Crippen molar-refractivity contribution in [2.45, 2.75) is 40.0 Å². The van der Waals surface area contributed by atoms with Gasteiger partial charge in [0.1, 0.15) is 0 Å². The smallest absolute Gasteiger partial charge is 0.0184 e. The lowest BCUT2D eigenvalue weighted by Gasteiger charge is -2.23. The van der Waals surface area contributed by atoms with Crippen molar-refractivity contribution in [2.75, 3.05) is 0 Å². The van der Waals surface area contributed by atoms with E-state index in [1.807, 2.05) is 12.1 Å². The molecule has 0 heterocycles. The predicted octanol–water partition coefficient (Wildman–Crippen LogP) is 3.86. The molecule has 0 fully saturated rings. The van der Waals surface area contributed by atoms with Gasteiger partial charge in [-0.3, -0.25) is 0 Å². The second-order valence-electron chi connectivity index (χ2n) is 4.50. The maximum atomic E-state index is 3.05. The summed E-state index contributed by atoms with van der Waals surface area (Å²) < 4.78 is 0. The van der Waals surface area contributed by atoms with Crippen LogP contribution in [0.1, 0.15) is 39.2 Å². The second kappa shape index (κ2) is 4.45. The highest BCUT2D eigenvalue weighted by Crippen LogP contribution is 2.26. The topological polar surface area (TPSA) is 0 Å². The first kappa shape index (κ1) is 10.3. The average Bonchev–Trinajstić information content (AvgIpc) is 2.04. The second-order valence-corrected chi connectivity index (χ2v) is 4.50. The van der Waals surface area contributed by atoms with E-state index in [0.29, 0.717) is 5.41 Å². The van der Waals surface area contributed by atoms with Crippen LogP contribution in [0.15, 0.2) is 24.3 Å². The minimum absolute atomic E-state index is 0.441. The van der Waals surface area contributed by atoms with Crippen molar-refractivity contribution in [3.63, 3.8) is 0 Å². The van der Waals surface area contributed by atoms with Gasteiger partial charge in [-0.05, 0) is 29.9 Å². The Bertz CT molecular complexity index is 233. The van der Waals surface area contributed by atoms with Gasteiger partial charge in [0.25, 0.3) is 0 Å². The summed E-state index contributed by atoms with van der Waals surface area (Å²) in [5.74, 6) is 0. The van der Waals surface area contributed by atoms with E-state index in [2.05, 4.69) is 39.0 Å². The van der Waals surface area contributed by atoms with Gasteiger partial charge in [-0.15, -0.1) is 0 Å². The van der Waals surface area contributed by atoms with Crippen LogP contribution in [-0.4, -0.2) is 0 Å². The molecule has 0 saturated heterocycles. The van der Waals surface area contributed by atoms with Crippen LogP contribution in [-0.2, 0) is 6.42 Å². The van der Waals surface area contributed by atoms with Gasteiger partial charge in [0.2, 0.25) is 0 Å². The molecule has 0 aliphatic rings. The molecule has 0 unspecified atom stereocenters. The van der Waals surface area contributed by atoms with Crippen molar-refractivity contribution >= 4 is 0 Å². The summed E-state index contributed by atoms with van der Waals surface area (Å²) in [5.41, 5.74) is 1.87. The molecule has 0 nitrogen and oxygen atoms in total. The summed E-state index contributed by atoms with van der Waals surface area (Å²) in [6.07, 6.45) is 3.74. The molecule has 0 aromatic heterocycles. The first-order valence-corrected chi connectivity index (χ1v) is 5.09. The normalized spacial score (nSPS) is 11.6. The minimum atomic E-state index is 0.441. The third-order valence-electron chi connectivity index (χ3n) is 2.40. The Hall–Kier alpha value is -0.780. The molecule has 0 aliphatic heterocycles. The lowest BCUT2D eigenvalue weighted by molar-refractivity contribution is 0.329. The van der Waals surface area contributed by atoms with E-state index in [4.69, 9.17) is 0 Å². The van der Waals surface area contributed by atoms with Gasteiger partial charge in [-0.1, -0.05) is 51.5 Å². The zero-order chi connectivity index (χ0) is 9.73. The highest BCUT2D eigenvalue weighted by atomic mass is 14.2. The third kappa shape index (κ3) is 3.63. The summed E-state index contributed by atoms with van der Waals surface area (Å²) in [7, 11) is 0. The Morgan fingerprint density at radius 3 is 2.38 bits per heavy atom. The van der Waals surface area contributed by atoms with E-state index < -0.39 is 0 Å². The quantitative estimate of drug-likeness (QED) is 0.652. The molecule has 1 aromatic rings. The Balaban J connectivity index is 2.58. The van der Waals surface area contributed by atoms with E-state index in [-0.39, 0.29) is 0 Å². The third-order valence-corrected chi connectivity index (χ3v) is 2.40. The van der Waals surface area contributed by atoms with Crippen molar-refractivity contribution in [2.24, 2.45) is 5.41 Å². The fourth-order valence-electron chi connectivity index (χ4n) is 1.86. The highest BCUT2D eigenvalue weighted by molar-refractivity contribution is 5.15.